The first-order valence-electron chi connectivity index (χ1n) is 14.1. The van der Waals surface area contributed by atoms with Crippen molar-refractivity contribution >= 4 is 29.8 Å². The molecule has 14 heteroatoms. The summed E-state index contributed by atoms with van der Waals surface area (Å²) in [5, 5.41) is 52.9. The summed E-state index contributed by atoms with van der Waals surface area (Å²) in [5.74, 6) is -12.1. The van der Waals surface area contributed by atoms with Crippen LogP contribution < -0.4 is 0 Å². The van der Waals surface area contributed by atoms with Crippen molar-refractivity contribution in [2.45, 2.75) is 94.8 Å². The van der Waals surface area contributed by atoms with Crippen molar-refractivity contribution in [2.75, 3.05) is 0 Å². The van der Waals surface area contributed by atoms with Gasteiger partial charge in [0.15, 0.2) is 6.10 Å². The number of carboxylic acid groups (broad SMARTS) is 3. The first-order chi connectivity index (χ1) is 20.5. The van der Waals surface area contributed by atoms with Crippen molar-refractivity contribution < 1.29 is 68.5 Å². The third kappa shape index (κ3) is 5.94. The molecule has 0 amide bonds. The highest BCUT2D eigenvalue weighted by atomic mass is 16.8. The number of aliphatic hydroxyl groups is 2. The summed E-state index contributed by atoms with van der Waals surface area (Å²) in [6.07, 6.45) is -8.51. The van der Waals surface area contributed by atoms with Gasteiger partial charge in [-0.2, -0.15) is 0 Å². The average molecular weight is 623 g/mol. The SMILES string of the molecule is C=C(CC[C@@]12O[C@H](C(=O)O)[C@@](O)(C(=O)O)[C@@](C(=O)O)(O1)[C@H](OC(=O)[C@@H](C)CC)[C@H]2O)C(OC(C)=O)C(C)Cc1ccccc1. The van der Waals surface area contributed by atoms with Crippen LogP contribution in [0.15, 0.2) is 42.5 Å². The second kappa shape index (κ2) is 13.0. The number of carbonyl (C=O) groups is 5. The fraction of sp³-hybridized carbons (Fsp3) is 0.567. The maximum Gasteiger partial charge on any atom is 0.344 e. The van der Waals surface area contributed by atoms with Gasteiger partial charge < -0.3 is 44.5 Å². The number of carbonyl (C=O) groups excluding carboxylic acids is 2. The molecule has 2 heterocycles. The van der Waals surface area contributed by atoms with Gasteiger partial charge in [0, 0.05) is 19.3 Å². The van der Waals surface area contributed by atoms with E-state index in [1.165, 1.54) is 13.8 Å². The van der Waals surface area contributed by atoms with E-state index in [1.54, 1.807) is 13.8 Å². The largest absolute Gasteiger partial charge is 0.479 e. The first-order valence-corrected chi connectivity index (χ1v) is 14.1. The number of benzene rings is 1. The molecular weight excluding hydrogens is 584 g/mol. The van der Waals surface area contributed by atoms with E-state index in [4.69, 9.17) is 18.9 Å². The van der Waals surface area contributed by atoms with Crippen LogP contribution in [0.25, 0.3) is 0 Å². The molecule has 5 N–H and O–H groups in total. The molecule has 2 fully saturated rings. The second-order valence-electron chi connectivity index (χ2n) is 11.3. The van der Waals surface area contributed by atoms with Crippen LogP contribution in [0, 0.1) is 11.8 Å². The van der Waals surface area contributed by atoms with E-state index in [1.807, 2.05) is 30.3 Å². The van der Waals surface area contributed by atoms with Crippen molar-refractivity contribution in [1.29, 1.82) is 0 Å². The van der Waals surface area contributed by atoms with E-state index >= 15 is 0 Å². The van der Waals surface area contributed by atoms with Crippen molar-refractivity contribution in [3.63, 3.8) is 0 Å². The Balaban J connectivity index is 2.04. The summed E-state index contributed by atoms with van der Waals surface area (Å²) in [6, 6.07) is 9.28. The van der Waals surface area contributed by atoms with Crippen LogP contribution in [0.3, 0.4) is 0 Å². The number of rotatable bonds is 14. The molecule has 242 valence electrons. The molecule has 2 aliphatic heterocycles. The van der Waals surface area contributed by atoms with Crippen LogP contribution in [0.4, 0.5) is 0 Å². The minimum atomic E-state index is -3.87. The molecule has 3 rings (SSSR count). The quantitative estimate of drug-likeness (QED) is 0.146. The Morgan fingerprint density at radius 2 is 1.66 bits per heavy atom. The van der Waals surface area contributed by atoms with Gasteiger partial charge in [-0.25, -0.2) is 14.4 Å². The zero-order chi connectivity index (χ0) is 33.2. The lowest BCUT2D eigenvalue weighted by molar-refractivity contribution is -0.374. The maximum absolute atomic E-state index is 12.8. The minimum absolute atomic E-state index is 0.212. The van der Waals surface area contributed by atoms with Crippen LogP contribution >= 0.6 is 0 Å². The lowest BCUT2D eigenvalue weighted by Crippen LogP contribution is -2.78. The highest BCUT2D eigenvalue weighted by Gasteiger charge is 2.85. The smallest absolute Gasteiger partial charge is 0.344 e. The van der Waals surface area contributed by atoms with Crippen LogP contribution in [0.2, 0.25) is 0 Å². The van der Waals surface area contributed by atoms with Gasteiger partial charge in [-0.3, -0.25) is 9.59 Å². The van der Waals surface area contributed by atoms with Gasteiger partial charge in [0.1, 0.15) is 12.2 Å². The standard InChI is InChI=1S/C30H38O14/c1-6-15(2)25(35)42-22-21(32)28(43-23(24(33)34)29(40,26(36)37)30(22,44-28)27(38)39)13-12-16(3)20(41-18(5)31)17(4)14-19-10-8-7-9-11-19/h7-11,15,17,20-23,32,40H,3,6,12-14H2,1-2,4-5H3,(H,33,34)(H,36,37)(H,38,39)/t15-,17?,20?,21+,22+,23+,28+,29+,30+/m0/s1. The van der Waals surface area contributed by atoms with Crippen molar-refractivity contribution in [3.8, 4) is 0 Å². The van der Waals surface area contributed by atoms with Gasteiger partial charge in [-0.05, 0) is 30.4 Å². The predicted octanol–water partition coefficient (Wildman–Crippen LogP) is 1.30. The first kappa shape index (κ1) is 34.6. The maximum atomic E-state index is 12.8. The molecule has 2 bridgehead atoms. The van der Waals surface area contributed by atoms with Crippen LogP contribution in [-0.2, 0) is 49.3 Å². The highest BCUT2D eigenvalue weighted by Crippen LogP contribution is 2.56. The zero-order valence-electron chi connectivity index (χ0n) is 24.8. The topological polar surface area (TPSA) is 223 Å². The summed E-state index contributed by atoms with van der Waals surface area (Å²) >= 11 is 0. The minimum Gasteiger partial charge on any atom is -0.479 e. The normalized spacial score (nSPS) is 31.3. The van der Waals surface area contributed by atoms with Gasteiger partial charge >= 0.3 is 29.8 Å². The van der Waals surface area contributed by atoms with E-state index in [0.717, 1.165) is 5.56 Å². The van der Waals surface area contributed by atoms with E-state index < -0.39 is 83.6 Å². The van der Waals surface area contributed by atoms with Gasteiger partial charge in [0.25, 0.3) is 0 Å². The average Bonchev–Trinajstić information content (AvgIpc) is 3.18. The fourth-order valence-electron chi connectivity index (χ4n) is 5.70. The number of fused-ring (bicyclic) bond motifs is 2. The molecule has 1 aromatic carbocycles. The molecule has 2 unspecified atom stereocenters. The monoisotopic (exact) mass is 622 g/mol. The van der Waals surface area contributed by atoms with Gasteiger partial charge in [0.2, 0.25) is 23.1 Å². The molecule has 0 aliphatic carbocycles. The van der Waals surface area contributed by atoms with Gasteiger partial charge in [-0.15, -0.1) is 0 Å². The lowest BCUT2D eigenvalue weighted by atomic mass is 9.74. The number of ether oxygens (including phenoxy) is 4. The number of aliphatic carboxylic acids is 3. The Labute approximate surface area is 253 Å². The number of hydrogen-bond acceptors (Lipinski definition) is 11. The Hall–Kier alpha value is -3.85. The molecular formula is C30H38O14. The Morgan fingerprint density at radius 1 is 1.05 bits per heavy atom. The molecule has 0 spiro atoms. The zero-order valence-corrected chi connectivity index (χ0v) is 24.8. The summed E-state index contributed by atoms with van der Waals surface area (Å²) in [5.41, 5.74) is -6.19. The van der Waals surface area contributed by atoms with Crippen LogP contribution in [-0.4, -0.2) is 96.8 Å². The summed E-state index contributed by atoms with van der Waals surface area (Å²) in [7, 11) is 0. The number of esters is 2. The van der Waals surface area contributed by atoms with Crippen LogP contribution in [0.1, 0.15) is 52.5 Å². The lowest BCUT2D eigenvalue weighted by Gasteiger charge is -2.48. The Bertz CT molecular complexity index is 1300. The number of carboxylic acids is 3. The molecule has 0 radical (unpaired) electrons. The molecule has 44 heavy (non-hydrogen) atoms. The van der Waals surface area contributed by atoms with Crippen molar-refractivity contribution in [3.05, 3.63) is 48.0 Å². The van der Waals surface area contributed by atoms with Crippen LogP contribution in [0.5, 0.6) is 0 Å². The molecule has 1 aromatic rings. The van der Waals surface area contributed by atoms with E-state index in [-0.39, 0.29) is 24.3 Å². The predicted molar refractivity (Wildman–Crippen MR) is 148 cm³/mol. The van der Waals surface area contributed by atoms with E-state index in [2.05, 4.69) is 6.58 Å². The molecule has 14 nitrogen and oxygen atoms in total. The molecule has 2 saturated heterocycles. The summed E-state index contributed by atoms with van der Waals surface area (Å²) in [6.45, 7) is 10.0. The summed E-state index contributed by atoms with van der Waals surface area (Å²) in [4.78, 5) is 62.2. The Morgan fingerprint density at radius 3 is 2.16 bits per heavy atom. The fourth-order valence-corrected chi connectivity index (χ4v) is 5.70. The third-order valence-electron chi connectivity index (χ3n) is 8.27. The molecule has 2 aliphatic rings. The number of aliphatic hydroxyl groups excluding tert-OH is 1. The molecule has 0 saturated carbocycles. The summed E-state index contributed by atoms with van der Waals surface area (Å²) < 4.78 is 21.9. The molecule has 9 atom stereocenters. The second-order valence-corrected chi connectivity index (χ2v) is 11.3. The number of hydrogen-bond donors (Lipinski definition) is 5. The molecule has 0 aromatic heterocycles. The highest BCUT2D eigenvalue weighted by molar-refractivity contribution is 5.98. The Kier molecular flexibility index (Phi) is 10.3. The van der Waals surface area contributed by atoms with Crippen molar-refractivity contribution in [2.24, 2.45) is 11.8 Å². The van der Waals surface area contributed by atoms with Gasteiger partial charge in [0.05, 0.1) is 5.92 Å². The van der Waals surface area contributed by atoms with E-state index in [0.29, 0.717) is 6.42 Å². The van der Waals surface area contributed by atoms with Gasteiger partial charge in [-0.1, -0.05) is 57.7 Å². The van der Waals surface area contributed by atoms with E-state index in [9.17, 15) is 49.5 Å². The van der Waals surface area contributed by atoms with Crippen molar-refractivity contribution in [1.82, 2.24) is 0 Å². The third-order valence-corrected chi connectivity index (χ3v) is 8.27.